The number of carboxylic acid groups (broad SMARTS) is 1. The lowest BCUT2D eigenvalue weighted by Gasteiger charge is -2.16. The lowest BCUT2D eigenvalue weighted by atomic mass is 10.0. The van der Waals surface area contributed by atoms with Gasteiger partial charge in [0.05, 0.1) is 10.8 Å². The molecule has 2 aromatic rings. The molecule has 1 aromatic heterocycles. The number of likely N-dealkylation sites (tertiary alicyclic amines) is 1. The lowest BCUT2D eigenvalue weighted by Crippen LogP contribution is -2.29. The Morgan fingerprint density at radius 3 is 2.59 bits per heavy atom. The van der Waals surface area contributed by atoms with E-state index in [9.17, 15) is 9.59 Å². The summed E-state index contributed by atoms with van der Waals surface area (Å²) in [5, 5.41) is 11.0. The molecular weight excluding hydrogens is 298 g/mol. The fourth-order valence-electron chi connectivity index (χ4n) is 2.73. The Kier molecular flexibility index (Phi) is 3.98. The Morgan fingerprint density at radius 1 is 1.23 bits per heavy atom. The van der Waals surface area contributed by atoms with E-state index in [0.29, 0.717) is 24.4 Å². The van der Waals surface area contributed by atoms with Crippen molar-refractivity contribution in [2.45, 2.75) is 13.3 Å². The van der Waals surface area contributed by atoms with Crippen LogP contribution >= 0.6 is 11.3 Å². The fraction of sp³-hybridized carbons (Fsp3) is 0.294. The number of nitrogens with zero attached hydrogens (tertiary/aromatic N) is 1. The Labute approximate surface area is 133 Å². The van der Waals surface area contributed by atoms with Crippen LogP contribution in [-0.2, 0) is 4.79 Å². The van der Waals surface area contributed by atoms with Gasteiger partial charge in [-0.3, -0.25) is 9.59 Å². The highest BCUT2D eigenvalue weighted by Crippen LogP contribution is 2.31. The predicted molar refractivity (Wildman–Crippen MR) is 86.1 cm³/mol. The third kappa shape index (κ3) is 2.76. The molecule has 22 heavy (non-hydrogen) atoms. The van der Waals surface area contributed by atoms with Crippen molar-refractivity contribution < 1.29 is 14.7 Å². The molecule has 1 atom stereocenters. The minimum Gasteiger partial charge on any atom is -0.481 e. The van der Waals surface area contributed by atoms with Gasteiger partial charge in [0.2, 0.25) is 0 Å². The van der Waals surface area contributed by atoms with Gasteiger partial charge in [0.1, 0.15) is 0 Å². The van der Waals surface area contributed by atoms with Crippen molar-refractivity contribution in [3.8, 4) is 11.1 Å². The molecule has 0 saturated carbocycles. The van der Waals surface area contributed by atoms with Crippen LogP contribution in [0.5, 0.6) is 0 Å². The van der Waals surface area contributed by atoms with E-state index >= 15 is 0 Å². The number of carbonyl (C=O) groups excluding carboxylic acids is 1. The number of thiophene rings is 1. The standard InChI is InChI=1S/C17H17NO3S/c1-11-2-4-12(5-3-11)14-7-9-22-15(14)16(19)18-8-6-13(10-18)17(20)21/h2-5,7,9,13H,6,8,10H2,1H3,(H,20,21). The number of carboxylic acids is 1. The summed E-state index contributed by atoms with van der Waals surface area (Å²) in [4.78, 5) is 26.1. The minimum atomic E-state index is -0.819. The highest BCUT2D eigenvalue weighted by atomic mass is 32.1. The van der Waals surface area contributed by atoms with Crippen LogP contribution in [-0.4, -0.2) is 35.0 Å². The van der Waals surface area contributed by atoms with Crippen LogP contribution < -0.4 is 0 Å². The second-order valence-corrected chi connectivity index (χ2v) is 6.52. The topological polar surface area (TPSA) is 57.6 Å². The Bertz CT molecular complexity index is 705. The fourth-order valence-corrected chi connectivity index (χ4v) is 3.61. The summed E-state index contributed by atoms with van der Waals surface area (Å²) in [5.74, 6) is -1.32. The van der Waals surface area contributed by atoms with Crippen molar-refractivity contribution in [2.75, 3.05) is 13.1 Å². The molecule has 114 valence electrons. The number of hydrogen-bond acceptors (Lipinski definition) is 3. The molecule has 0 aliphatic carbocycles. The first-order valence-corrected chi connectivity index (χ1v) is 8.11. The first-order chi connectivity index (χ1) is 10.6. The van der Waals surface area contributed by atoms with Crippen LogP contribution in [0.15, 0.2) is 35.7 Å². The van der Waals surface area contributed by atoms with Crippen molar-refractivity contribution >= 4 is 23.2 Å². The van der Waals surface area contributed by atoms with Crippen molar-refractivity contribution in [1.82, 2.24) is 4.90 Å². The Morgan fingerprint density at radius 2 is 1.95 bits per heavy atom. The monoisotopic (exact) mass is 315 g/mol. The highest BCUT2D eigenvalue weighted by Gasteiger charge is 2.32. The molecule has 1 aliphatic heterocycles. The summed E-state index contributed by atoms with van der Waals surface area (Å²) in [5.41, 5.74) is 3.12. The smallest absolute Gasteiger partial charge is 0.308 e. The zero-order valence-corrected chi connectivity index (χ0v) is 13.1. The summed E-state index contributed by atoms with van der Waals surface area (Å²) < 4.78 is 0. The van der Waals surface area contributed by atoms with Crippen LogP contribution in [0.1, 0.15) is 21.7 Å². The third-order valence-electron chi connectivity index (χ3n) is 4.05. The molecular formula is C17H17NO3S. The minimum absolute atomic E-state index is 0.0608. The first kappa shape index (κ1) is 14.8. The maximum absolute atomic E-state index is 12.7. The van der Waals surface area contributed by atoms with Crippen LogP contribution in [0.4, 0.5) is 0 Å². The summed E-state index contributed by atoms with van der Waals surface area (Å²) >= 11 is 1.41. The normalized spacial score (nSPS) is 17.7. The first-order valence-electron chi connectivity index (χ1n) is 7.23. The maximum atomic E-state index is 12.7. The molecule has 1 aromatic carbocycles. The van der Waals surface area contributed by atoms with Gasteiger partial charge in [-0.15, -0.1) is 11.3 Å². The average Bonchev–Trinajstić information content (AvgIpc) is 3.17. The van der Waals surface area contributed by atoms with Crippen molar-refractivity contribution in [3.05, 3.63) is 46.2 Å². The number of rotatable bonds is 3. The predicted octanol–water partition coefficient (Wildman–Crippen LogP) is 3.27. The van der Waals surface area contributed by atoms with Gasteiger partial charge >= 0.3 is 5.97 Å². The zero-order valence-electron chi connectivity index (χ0n) is 12.3. The van der Waals surface area contributed by atoms with E-state index in [1.807, 2.05) is 42.6 Å². The van der Waals surface area contributed by atoms with E-state index in [0.717, 1.165) is 11.1 Å². The van der Waals surface area contributed by atoms with E-state index in [1.165, 1.54) is 16.9 Å². The molecule has 1 saturated heterocycles. The molecule has 1 N–H and O–H groups in total. The molecule has 0 spiro atoms. The summed E-state index contributed by atoms with van der Waals surface area (Å²) in [6, 6.07) is 10.0. The van der Waals surface area contributed by atoms with Crippen molar-refractivity contribution in [1.29, 1.82) is 0 Å². The van der Waals surface area contributed by atoms with Gasteiger partial charge in [-0.1, -0.05) is 29.8 Å². The Balaban J connectivity index is 1.84. The maximum Gasteiger partial charge on any atom is 0.308 e. The van der Waals surface area contributed by atoms with Crippen molar-refractivity contribution in [2.24, 2.45) is 5.92 Å². The number of hydrogen-bond donors (Lipinski definition) is 1. The number of aryl methyl sites for hydroxylation is 1. The van der Waals surface area contributed by atoms with Crippen LogP contribution in [0, 0.1) is 12.8 Å². The molecule has 1 amide bonds. The van der Waals surface area contributed by atoms with Gasteiger partial charge in [0.25, 0.3) is 5.91 Å². The van der Waals surface area contributed by atoms with Crippen LogP contribution in [0.3, 0.4) is 0 Å². The quantitative estimate of drug-likeness (QED) is 0.945. The summed E-state index contributed by atoms with van der Waals surface area (Å²) in [7, 11) is 0. The van der Waals surface area contributed by atoms with Crippen LogP contribution in [0.25, 0.3) is 11.1 Å². The molecule has 5 heteroatoms. The molecule has 3 rings (SSSR count). The summed E-state index contributed by atoms with van der Waals surface area (Å²) in [6.45, 7) is 2.85. The van der Waals surface area contributed by atoms with Gasteiger partial charge in [-0.05, 0) is 30.4 Å². The Hall–Kier alpha value is -2.14. The van der Waals surface area contributed by atoms with E-state index in [-0.39, 0.29) is 5.91 Å². The molecule has 0 bridgehead atoms. The van der Waals surface area contributed by atoms with Gasteiger partial charge in [0, 0.05) is 18.7 Å². The molecule has 4 nitrogen and oxygen atoms in total. The lowest BCUT2D eigenvalue weighted by molar-refractivity contribution is -0.141. The van der Waals surface area contributed by atoms with Crippen molar-refractivity contribution in [3.63, 3.8) is 0 Å². The largest absolute Gasteiger partial charge is 0.481 e. The van der Waals surface area contributed by atoms with E-state index in [4.69, 9.17) is 5.11 Å². The number of amides is 1. The van der Waals surface area contributed by atoms with E-state index in [1.54, 1.807) is 4.90 Å². The number of aliphatic carboxylic acids is 1. The molecule has 1 aliphatic rings. The summed E-state index contributed by atoms with van der Waals surface area (Å²) in [6.07, 6.45) is 0.534. The van der Waals surface area contributed by atoms with E-state index < -0.39 is 11.9 Å². The molecule has 1 fully saturated rings. The molecule has 2 heterocycles. The van der Waals surface area contributed by atoms with E-state index in [2.05, 4.69) is 0 Å². The van der Waals surface area contributed by atoms with Gasteiger partial charge in [-0.25, -0.2) is 0 Å². The second kappa shape index (κ2) is 5.93. The van der Waals surface area contributed by atoms with Gasteiger partial charge in [-0.2, -0.15) is 0 Å². The zero-order chi connectivity index (χ0) is 15.7. The molecule has 0 radical (unpaired) electrons. The average molecular weight is 315 g/mol. The molecule has 1 unspecified atom stereocenters. The highest BCUT2D eigenvalue weighted by molar-refractivity contribution is 7.12. The number of carbonyl (C=O) groups is 2. The number of benzene rings is 1. The van der Waals surface area contributed by atoms with Crippen LogP contribution in [0.2, 0.25) is 0 Å². The third-order valence-corrected chi connectivity index (χ3v) is 4.95. The van der Waals surface area contributed by atoms with Gasteiger partial charge < -0.3 is 10.0 Å². The SMILES string of the molecule is Cc1ccc(-c2ccsc2C(=O)N2CCC(C(=O)O)C2)cc1. The second-order valence-electron chi connectivity index (χ2n) is 5.60. The van der Waals surface area contributed by atoms with Gasteiger partial charge in [0.15, 0.2) is 0 Å².